The van der Waals surface area contributed by atoms with Crippen LogP contribution in [0.15, 0.2) is 54.6 Å². The van der Waals surface area contributed by atoms with Crippen molar-refractivity contribution in [3.8, 4) is 0 Å². The average molecular weight is 382 g/mol. The van der Waals surface area contributed by atoms with E-state index >= 15 is 0 Å². The van der Waals surface area contributed by atoms with Crippen LogP contribution in [0.1, 0.15) is 28.8 Å². The number of anilines is 1. The zero-order chi connectivity index (χ0) is 19.9. The molecule has 1 heterocycles. The highest BCUT2D eigenvalue weighted by Crippen LogP contribution is 2.16. The Kier molecular flexibility index (Phi) is 6.39. The number of carboxylic acid groups (broad SMARTS) is 1. The van der Waals surface area contributed by atoms with Gasteiger partial charge in [-0.3, -0.25) is 9.59 Å². The molecule has 2 aromatic rings. The number of ether oxygens (including phenoxy) is 1. The van der Waals surface area contributed by atoms with E-state index in [2.05, 4.69) is 10.6 Å². The zero-order valence-corrected chi connectivity index (χ0v) is 15.3. The molecule has 0 radical (unpaired) electrons. The quantitative estimate of drug-likeness (QED) is 0.681. The van der Waals surface area contributed by atoms with Crippen LogP contribution in [0.5, 0.6) is 0 Å². The lowest BCUT2D eigenvalue weighted by molar-refractivity contribution is -0.139. The van der Waals surface area contributed by atoms with Gasteiger partial charge in [-0.1, -0.05) is 36.4 Å². The summed E-state index contributed by atoms with van der Waals surface area (Å²) in [5.74, 6) is -1.88. The number of benzene rings is 2. The monoisotopic (exact) mass is 382 g/mol. The Morgan fingerprint density at radius 3 is 2.57 bits per heavy atom. The molecule has 1 saturated heterocycles. The second kappa shape index (κ2) is 9.14. The van der Waals surface area contributed by atoms with Gasteiger partial charge in [0.15, 0.2) is 0 Å². The number of hydrogen-bond acceptors (Lipinski definition) is 4. The van der Waals surface area contributed by atoms with E-state index in [0.29, 0.717) is 18.7 Å². The third-order valence-electron chi connectivity index (χ3n) is 4.50. The third-order valence-corrected chi connectivity index (χ3v) is 4.50. The zero-order valence-electron chi connectivity index (χ0n) is 15.3. The van der Waals surface area contributed by atoms with Crippen LogP contribution in [0.25, 0.3) is 0 Å². The van der Waals surface area contributed by atoms with E-state index in [4.69, 9.17) is 4.74 Å². The normalized spacial score (nSPS) is 16.9. The number of hydrogen-bond donors (Lipinski definition) is 3. The second-order valence-electron chi connectivity index (χ2n) is 6.63. The van der Waals surface area contributed by atoms with E-state index in [0.717, 1.165) is 12.0 Å². The van der Waals surface area contributed by atoms with Gasteiger partial charge in [-0.25, -0.2) is 4.79 Å². The summed E-state index contributed by atoms with van der Waals surface area (Å²) in [5.41, 5.74) is 1.54. The molecule has 0 bridgehead atoms. The highest BCUT2D eigenvalue weighted by atomic mass is 16.5. The number of carboxylic acids is 1. The minimum absolute atomic E-state index is 0.178. The van der Waals surface area contributed by atoms with Crippen molar-refractivity contribution >= 4 is 23.5 Å². The number of rotatable bonds is 7. The number of nitrogens with one attached hydrogen (secondary N) is 2. The first-order valence-corrected chi connectivity index (χ1v) is 9.13. The van der Waals surface area contributed by atoms with E-state index in [9.17, 15) is 19.5 Å². The molecule has 0 aromatic heterocycles. The van der Waals surface area contributed by atoms with Gasteiger partial charge in [0.05, 0.1) is 0 Å². The summed E-state index contributed by atoms with van der Waals surface area (Å²) >= 11 is 0. The van der Waals surface area contributed by atoms with Crippen LogP contribution in [0.2, 0.25) is 0 Å². The number of carbonyl (C=O) groups is 3. The van der Waals surface area contributed by atoms with Crippen LogP contribution in [0.3, 0.4) is 0 Å². The van der Waals surface area contributed by atoms with Gasteiger partial charge in [0.1, 0.15) is 12.1 Å². The Balaban J connectivity index is 1.65. The van der Waals surface area contributed by atoms with Gasteiger partial charge in [0.25, 0.3) is 11.8 Å². The first-order valence-electron chi connectivity index (χ1n) is 9.13. The molecule has 0 aliphatic carbocycles. The summed E-state index contributed by atoms with van der Waals surface area (Å²) in [5, 5.41) is 14.7. The lowest BCUT2D eigenvalue weighted by Crippen LogP contribution is -2.42. The van der Waals surface area contributed by atoms with Crippen molar-refractivity contribution in [1.29, 1.82) is 0 Å². The maximum Gasteiger partial charge on any atom is 0.326 e. The number of aliphatic carboxylic acids is 1. The predicted octanol–water partition coefficient (Wildman–Crippen LogP) is 2.23. The fourth-order valence-electron chi connectivity index (χ4n) is 3.04. The molecule has 146 valence electrons. The largest absolute Gasteiger partial charge is 0.480 e. The molecule has 2 amide bonds. The molecule has 0 saturated carbocycles. The summed E-state index contributed by atoms with van der Waals surface area (Å²) < 4.78 is 5.34. The molecule has 1 aliphatic heterocycles. The molecule has 2 aromatic carbocycles. The first-order chi connectivity index (χ1) is 13.5. The molecule has 3 rings (SSSR count). The van der Waals surface area contributed by atoms with Crippen LogP contribution in [-0.2, 0) is 20.7 Å². The summed E-state index contributed by atoms with van der Waals surface area (Å²) in [7, 11) is 0. The first kappa shape index (κ1) is 19.6. The molecule has 7 nitrogen and oxygen atoms in total. The SMILES string of the molecule is O=C(NC(Cc1ccccc1)C(=O)O)c1cccc(NC(=O)C2CCCO2)c1. The number of carbonyl (C=O) groups excluding carboxylic acids is 2. The van der Waals surface area contributed by atoms with Gasteiger partial charge in [-0.15, -0.1) is 0 Å². The Morgan fingerprint density at radius 1 is 1.11 bits per heavy atom. The van der Waals surface area contributed by atoms with E-state index < -0.39 is 24.0 Å². The van der Waals surface area contributed by atoms with Crippen LogP contribution in [0.4, 0.5) is 5.69 Å². The lowest BCUT2D eigenvalue weighted by Gasteiger charge is -2.15. The van der Waals surface area contributed by atoms with Gasteiger partial charge in [0, 0.05) is 24.3 Å². The molecular formula is C21H22N2O5. The van der Waals surface area contributed by atoms with Crippen molar-refractivity contribution in [3.05, 3.63) is 65.7 Å². The van der Waals surface area contributed by atoms with Crippen molar-refractivity contribution < 1.29 is 24.2 Å². The van der Waals surface area contributed by atoms with Crippen LogP contribution in [0, 0.1) is 0 Å². The molecule has 2 unspecified atom stereocenters. The second-order valence-corrected chi connectivity index (χ2v) is 6.63. The van der Waals surface area contributed by atoms with Crippen molar-refractivity contribution in [1.82, 2.24) is 5.32 Å². The Bertz CT molecular complexity index is 847. The lowest BCUT2D eigenvalue weighted by atomic mass is 10.1. The highest BCUT2D eigenvalue weighted by molar-refractivity contribution is 5.99. The van der Waals surface area contributed by atoms with Gasteiger partial charge < -0.3 is 20.5 Å². The smallest absolute Gasteiger partial charge is 0.326 e. The number of amides is 2. The Labute approximate surface area is 162 Å². The minimum atomic E-state index is -1.11. The summed E-state index contributed by atoms with van der Waals surface area (Å²) in [6.45, 7) is 0.568. The van der Waals surface area contributed by atoms with Crippen molar-refractivity contribution in [2.75, 3.05) is 11.9 Å². The van der Waals surface area contributed by atoms with E-state index in [-0.39, 0.29) is 17.9 Å². The highest BCUT2D eigenvalue weighted by Gasteiger charge is 2.24. The summed E-state index contributed by atoms with van der Waals surface area (Å²) in [6, 6.07) is 14.4. The summed E-state index contributed by atoms with van der Waals surface area (Å²) in [4.78, 5) is 36.2. The third kappa shape index (κ3) is 5.17. The van der Waals surface area contributed by atoms with Gasteiger partial charge in [-0.05, 0) is 36.6 Å². The standard InChI is InChI=1S/C21H22N2O5/c24-19(23-17(21(26)27)12-14-6-2-1-3-7-14)15-8-4-9-16(13-15)22-20(25)18-10-5-11-28-18/h1-4,6-9,13,17-18H,5,10-12H2,(H,22,25)(H,23,24)(H,26,27). The molecule has 1 aliphatic rings. The van der Waals surface area contributed by atoms with Crippen LogP contribution in [-0.4, -0.2) is 41.6 Å². The fraction of sp³-hybridized carbons (Fsp3) is 0.286. The van der Waals surface area contributed by atoms with E-state index in [1.165, 1.54) is 6.07 Å². The molecule has 28 heavy (non-hydrogen) atoms. The van der Waals surface area contributed by atoms with E-state index in [1.54, 1.807) is 18.2 Å². The topological polar surface area (TPSA) is 105 Å². The van der Waals surface area contributed by atoms with Crippen LogP contribution >= 0.6 is 0 Å². The van der Waals surface area contributed by atoms with Crippen LogP contribution < -0.4 is 10.6 Å². The van der Waals surface area contributed by atoms with Crippen molar-refractivity contribution in [2.24, 2.45) is 0 Å². The van der Waals surface area contributed by atoms with E-state index in [1.807, 2.05) is 30.3 Å². The maximum atomic E-state index is 12.5. The Morgan fingerprint density at radius 2 is 1.89 bits per heavy atom. The molecule has 0 spiro atoms. The molecular weight excluding hydrogens is 360 g/mol. The minimum Gasteiger partial charge on any atom is -0.480 e. The molecule has 1 fully saturated rings. The molecule has 3 N–H and O–H groups in total. The van der Waals surface area contributed by atoms with Gasteiger partial charge in [0.2, 0.25) is 0 Å². The maximum absolute atomic E-state index is 12.5. The van der Waals surface area contributed by atoms with Gasteiger partial charge in [-0.2, -0.15) is 0 Å². The Hall–Kier alpha value is -3.19. The van der Waals surface area contributed by atoms with Crippen molar-refractivity contribution in [2.45, 2.75) is 31.4 Å². The molecule has 2 atom stereocenters. The molecule has 7 heteroatoms. The average Bonchev–Trinajstić information content (AvgIpc) is 3.23. The van der Waals surface area contributed by atoms with Crippen molar-refractivity contribution in [3.63, 3.8) is 0 Å². The predicted molar refractivity (Wildman–Crippen MR) is 103 cm³/mol. The summed E-state index contributed by atoms with van der Waals surface area (Å²) in [6.07, 6.45) is 1.22. The van der Waals surface area contributed by atoms with Gasteiger partial charge >= 0.3 is 5.97 Å². The fourth-order valence-corrected chi connectivity index (χ4v) is 3.04.